The minimum atomic E-state index is -4.69. The molecule has 0 saturated carbocycles. The Kier molecular flexibility index (Phi) is 4.81. The average Bonchev–Trinajstić information content (AvgIpc) is 2.34. The Balaban J connectivity index is 2.89. The van der Waals surface area contributed by atoms with E-state index in [1.807, 2.05) is 0 Å². The molecule has 3 N–H and O–H groups in total. The van der Waals surface area contributed by atoms with Crippen LogP contribution in [-0.2, 0) is 6.18 Å². The van der Waals surface area contributed by atoms with E-state index in [1.54, 1.807) is 0 Å². The molecule has 0 spiro atoms. The number of hydrogen-bond acceptors (Lipinski definition) is 5. The van der Waals surface area contributed by atoms with Crippen LogP contribution in [0.3, 0.4) is 0 Å². The number of rotatable bonds is 5. The molecule has 19 heavy (non-hydrogen) atoms. The quantitative estimate of drug-likeness (QED) is 0.717. The number of alkyl halides is 5. The van der Waals surface area contributed by atoms with E-state index in [9.17, 15) is 22.0 Å². The standard InChI is InChI=1S/C9H11F5N4O/c1-15-8-17-5(9(12,13)14)2-6(18-8)16-3-4(19)7(10)11/h2,4,7,19H,3H2,1H3,(H2,15,16,17,18). The van der Waals surface area contributed by atoms with E-state index in [0.29, 0.717) is 6.07 Å². The van der Waals surface area contributed by atoms with Gasteiger partial charge in [0.25, 0.3) is 6.43 Å². The summed E-state index contributed by atoms with van der Waals surface area (Å²) in [6.45, 7) is -0.630. The number of nitrogens with zero attached hydrogens (tertiary/aromatic N) is 2. The van der Waals surface area contributed by atoms with E-state index in [-0.39, 0.29) is 11.8 Å². The first-order chi connectivity index (χ1) is 8.74. The van der Waals surface area contributed by atoms with Gasteiger partial charge in [0.2, 0.25) is 5.95 Å². The van der Waals surface area contributed by atoms with Gasteiger partial charge in [-0.15, -0.1) is 0 Å². The second-order valence-electron chi connectivity index (χ2n) is 3.49. The monoisotopic (exact) mass is 286 g/mol. The Labute approximate surface area is 104 Å². The summed E-state index contributed by atoms with van der Waals surface area (Å²) in [4.78, 5) is 6.79. The van der Waals surface area contributed by atoms with Crippen molar-refractivity contribution in [3.8, 4) is 0 Å². The number of anilines is 2. The first-order valence-corrected chi connectivity index (χ1v) is 5.08. The summed E-state index contributed by atoms with van der Waals surface area (Å²) in [5.74, 6) is -0.629. The Morgan fingerprint density at radius 3 is 2.42 bits per heavy atom. The molecule has 0 aliphatic heterocycles. The van der Waals surface area contributed by atoms with Crippen LogP contribution in [0.2, 0.25) is 0 Å². The van der Waals surface area contributed by atoms with E-state index >= 15 is 0 Å². The van der Waals surface area contributed by atoms with Gasteiger partial charge in [0.1, 0.15) is 11.9 Å². The molecule has 0 fully saturated rings. The molecule has 1 atom stereocenters. The SMILES string of the molecule is CNc1nc(NCC(O)C(F)F)cc(C(F)(F)F)n1. The van der Waals surface area contributed by atoms with Gasteiger partial charge in [-0.05, 0) is 0 Å². The molecule has 1 aromatic heterocycles. The molecule has 1 heterocycles. The lowest BCUT2D eigenvalue weighted by Gasteiger charge is -2.13. The normalized spacial score (nSPS) is 13.5. The smallest absolute Gasteiger partial charge is 0.385 e. The molecule has 0 amide bonds. The van der Waals surface area contributed by atoms with Crippen LogP contribution >= 0.6 is 0 Å². The average molecular weight is 286 g/mol. The van der Waals surface area contributed by atoms with Crippen LogP contribution in [0.25, 0.3) is 0 Å². The molecule has 0 saturated heterocycles. The van der Waals surface area contributed by atoms with E-state index < -0.39 is 30.9 Å². The number of halogens is 5. The van der Waals surface area contributed by atoms with Crippen LogP contribution in [0.1, 0.15) is 5.69 Å². The Hall–Kier alpha value is -1.71. The van der Waals surface area contributed by atoms with Crippen LogP contribution < -0.4 is 10.6 Å². The van der Waals surface area contributed by atoms with Gasteiger partial charge in [-0.2, -0.15) is 18.2 Å². The van der Waals surface area contributed by atoms with Crippen molar-refractivity contribution in [3.05, 3.63) is 11.8 Å². The van der Waals surface area contributed by atoms with Gasteiger partial charge in [-0.3, -0.25) is 0 Å². The second kappa shape index (κ2) is 5.95. The number of nitrogens with one attached hydrogen (secondary N) is 2. The zero-order chi connectivity index (χ0) is 14.6. The van der Waals surface area contributed by atoms with Crippen LogP contribution in [0.4, 0.5) is 33.7 Å². The molecule has 1 unspecified atom stereocenters. The predicted molar refractivity (Wildman–Crippen MR) is 57.1 cm³/mol. The summed E-state index contributed by atoms with van der Waals surface area (Å²) in [5, 5.41) is 13.4. The summed E-state index contributed by atoms with van der Waals surface area (Å²) in [5.41, 5.74) is -1.22. The van der Waals surface area contributed by atoms with Gasteiger partial charge in [0.05, 0.1) is 0 Å². The lowest BCUT2D eigenvalue weighted by molar-refractivity contribution is -0.141. The maximum atomic E-state index is 12.5. The first-order valence-electron chi connectivity index (χ1n) is 5.08. The molecular formula is C9H11F5N4O. The third kappa shape index (κ3) is 4.47. The molecule has 0 radical (unpaired) electrons. The minimum absolute atomic E-state index is 0.314. The van der Waals surface area contributed by atoms with Crippen molar-refractivity contribution in [2.75, 3.05) is 24.2 Å². The van der Waals surface area contributed by atoms with Gasteiger partial charge < -0.3 is 15.7 Å². The zero-order valence-electron chi connectivity index (χ0n) is 9.67. The van der Waals surface area contributed by atoms with E-state index in [2.05, 4.69) is 20.6 Å². The van der Waals surface area contributed by atoms with Crippen molar-refractivity contribution < 1.29 is 27.1 Å². The van der Waals surface area contributed by atoms with Gasteiger partial charge in [-0.25, -0.2) is 13.8 Å². The highest BCUT2D eigenvalue weighted by Gasteiger charge is 2.33. The number of aliphatic hydroxyl groups excluding tert-OH is 1. The van der Waals surface area contributed by atoms with Gasteiger partial charge in [0.15, 0.2) is 5.69 Å². The number of aromatic nitrogens is 2. The highest BCUT2D eigenvalue weighted by molar-refractivity contribution is 5.42. The van der Waals surface area contributed by atoms with Crippen molar-refractivity contribution in [3.63, 3.8) is 0 Å². The first kappa shape index (κ1) is 15.3. The molecule has 10 heteroatoms. The van der Waals surface area contributed by atoms with E-state index in [4.69, 9.17) is 5.11 Å². The fourth-order valence-electron chi connectivity index (χ4n) is 1.09. The van der Waals surface area contributed by atoms with Crippen LogP contribution in [-0.4, -0.2) is 41.2 Å². The minimum Gasteiger partial charge on any atom is -0.385 e. The predicted octanol–water partition coefficient (Wildman–Crippen LogP) is 1.57. The van der Waals surface area contributed by atoms with Crippen molar-refractivity contribution in [2.45, 2.75) is 18.7 Å². The summed E-state index contributed by atoms with van der Waals surface area (Å²) < 4.78 is 61.5. The van der Waals surface area contributed by atoms with Crippen LogP contribution in [0, 0.1) is 0 Å². The molecule has 0 aliphatic carbocycles. The summed E-state index contributed by atoms with van der Waals surface area (Å²) >= 11 is 0. The van der Waals surface area contributed by atoms with Crippen molar-refractivity contribution >= 4 is 11.8 Å². The third-order valence-electron chi connectivity index (χ3n) is 2.02. The molecule has 0 aromatic carbocycles. The maximum absolute atomic E-state index is 12.5. The molecule has 0 aliphatic rings. The number of aliphatic hydroxyl groups is 1. The lowest BCUT2D eigenvalue weighted by atomic mass is 10.3. The highest BCUT2D eigenvalue weighted by Crippen LogP contribution is 2.29. The third-order valence-corrected chi connectivity index (χ3v) is 2.02. The maximum Gasteiger partial charge on any atom is 0.433 e. The fraction of sp³-hybridized carbons (Fsp3) is 0.556. The molecule has 1 rings (SSSR count). The summed E-state index contributed by atoms with van der Waals surface area (Å²) in [7, 11) is 1.31. The Morgan fingerprint density at radius 1 is 1.32 bits per heavy atom. The molecule has 0 bridgehead atoms. The topological polar surface area (TPSA) is 70.1 Å². The Bertz CT molecular complexity index is 426. The summed E-state index contributed by atoms with van der Waals surface area (Å²) in [6, 6.07) is 0.568. The van der Waals surface area contributed by atoms with Crippen molar-refractivity contribution in [2.24, 2.45) is 0 Å². The highest BCUT2D eigenvalue weighted by atomic mass is 19.4. The van der Waals surface area contributed by atoms with Crippen LogP contribution in [0.15, 0.2) is 6.07 Å². The molecule has 5 nitrogen and oxygen atoms in total. The molecule has 108 valence electrons. The zero-order valence-corrected chi connectivity index (χ0v) is 9.67. The molecule has 1 aromatic rings. The summed E-state index contributed by atoms with van der Waals surface area (Å²) in [6.07, 6.45) is -9.69. The van der Waals surface area contributed by atoms with Gasteiger partial charge in [-0.1, -0.05) is 0 Å². The van der Waals surface area contributed by atoms with Crippen molar-refractivity contribution in [1.82, 2.24) is 9.97 Å². The Morgan fingerprint density at radius 2 is 1.95 bits per heavy atom. The number of hydrogen-bond donors (Lipinski definition) is 3. The fourth-order valence-corrected chi connectivity index (χ4v) is 1.09. The molecular weight excluding hydrogens is 275 g/mol. The van der Waals surface area contributed by atoms with E-state index in [1.165, 1.54) is 7.05 Å². The largest absolute Gasteiger partial charge is 0.433 e. The lowest BCUT2D eigenvalue weighted by Crippen LogP contribution is -2.27. The van der Waals surface area contributed by atoms with Gasteiger partial charge >= 0.3 is 6.18 Å². The van der Waals surface area contributed by atoms with Gasteiger partial charge in [0, 0.05) is 19.7 Å². The van der Waals surface area contributed by atoms with Crippen molar-refractivity contribution in [1.29, 1.82) is 0 Å². The van der Waals surface area contributed by atoms with Crippen LogP contribution in [0.5, 0.6) is 0 Å². The van der Waals surface area contributed by atoms with E-state index in [0.717, 1.165) is 0 Å². The second-order valence-corrected chi connectivity index (χ2v) is 3.49.